The summed E-state index contributed by atoms with van der Waals surface area (Å²) in [6.07, 6.45) is 2.91. The quantitative estimate of drug-likeness (QED) is 0.736. The summed E-state index contributed by atoms with van der Waals surface area (Å²) in [6, 6.07) is 6.52. The van der Waals surface area contributed by atoms with Crippen LogP contribution in [0.15, 0.2) is 35.3 Å². The highest BCUT2D eigenvalue weighted by atomic mass is 79.9. The van der Waals surface area contributed by atoms with E-state index >= 15 is 0 Å². The average molecular weight is 331 g/mol. The Morgan fingerprint density at radius 3 is 2.67 bits per heavy atom. The zero-order valence-corrected chi connectivity index (χ0v) is 13.6. The molecule has 18 heavy (non-hydrogen) atoms. The van der Waals surface area contributed by atoms with Crippen LogP contribution in [0.3, 0.4) is 0 Å². The molecule has 1 N–H and O–H groups in total. The lowest BCUT2D eigenvalue weighted by molar-refractivity contribution is 0.373. The Hall–Kier alpha value is -0.310. The van der Waals surface area contributed by atoms with Crippen molar-refractivity contribution in [2.75, 3.05) is 6.54 Å². The maximum Gasteiger partial charge on any atom is 0.0449 e. The van der Waals surface area contributed by atoms with Gasteiger partial charge in [-0.25, -0.2) is 0 Å². The first kappa shape index (κ1) is 15.7. The lowest BCUT2D eigenvalue weighted by Crippen LogP contribution is -2.35. The summed E-state index contributed by atoms with van der Waals surface area (Å²) in [6.45, 7) is 11.4. The zero-order valence-electron chi connectivity index (χ0n) is 11.3. The molecule has 0 aliphatic rings. The standard InChI is InChI=1S/C15H21BrClN/c1-5-15(4,10-18-11(2)3)9-12-6-7-13(16)8-14(12)17/h5-8,11,18H,1,9-10H2,2-4H3. The molecule has 1 unspecified atom stereocenters. The van der Waals surface area contributed by atoms with E-state index in [4.69, 9.17) is 11.6 Å². The van der Waals surface area contributed by atoms with Crippen molar-refractivity contribution in [1.29, 1.82) is 0 Å². The van der Waals surface area contributed by atoms with E-state index in [1.54, 1.807) is 0 Å². The average Bonchev–Trinajstić information content (AvgIpc) is 2.30. The van der Waals surface area contributed by atoms with Gasteiger partial charge in [-0.1, -0.05) is 60.4 Å². The largest absolute Gasteiger partial charge is 0.314 e. The number of hydrogen-bond acceptors (Lipinski definition) is 1. The van der Waals surface area contributed by atoms with Crippen molar-refractivity contribution in [3.05, 3.63) is 45.9 Å². The third-order valence-corrected chi connectivity index (χ3v) is 3.86. The molecule has 0 heterocycles. The highest BCUT2D eigenvalue weighted by Gasteiger charge is 2.22. The van der Waals surface area contributed by atoms with Crippen LogP contribution < -0.4 is 5.32 Å². The lowest BCUT2D eigenvalue weighted by atomic mass is 9.83. The molecule has 0 radical (unpaired) electrons. The van der Waals surface area contributed by atoms with Gasteiger partial charge in [-0.2, -0.15) is 0 Å². The molecule has 1 nitrogen and oxygen atoms in total. The monoisotopic (exact) mass is 329 g/mol. The van der Waals surface area contributed by atoms with E-state index in [-0.39, 0.29) is 5.41 Å². The minimum absolute atomic E-state index is 0.0156. The van der Waals surface area contributed by atoms with E-state index in [9.17, 15) is 0 Å². The van der Waals surface area contributed by atoms with E-state index in [0.717, 1.165) is 28.0 Å². The second kappa shape index (κ2) is 6.74. The number of benzene rings is 1. The molecule has 0 spiro atoms. The van der Waals surface area contributed by atoms with Gasteiger partial charge in [0.05, 0.1) is 0 Å². The Morgan fingerprint density at radius 1 is 1.50 bits per heavy atom. The van der Waals surface area contributed by atoms with Crippen LogP contribution >= 0.6 is 27.5 Å². The molecule has 0 fully saturated rings. The summed E-state index contributed by atoms with van der Waals surface area (Å²) in [5, 5.41) is 4.27. The first-order valence-corrected chi connectivity index (χ1v) is 7.34. The molecule has 0 amide bonds. The van der Waals surface area contributed by atoms with Gasteiger partial charge in [0.2, 0.25) is 0 Å². The van der Waals surface area contributed by atoms with Crippen molar-refractivity contribution >= 4 is 27.5 Å². The molecule has 3 heteroatoms. The van der Waals surface area contributed by atoms with Gasteiger partial charge >= 0.3 is 0 Å². The Balaban J connectivity index is 2.81. The van der Waals surface area contributed by atoms with Crippen LogP contribution in [0.1, 0.15) is 26.3 Å². The second-order valence-electron chi connectivity index (χ2n) is 5.31. The van der Waals surface area contributed by atoms with Gasteiger partial charge in [-0.15, -0.1) is 6.58 Å². The predicted molar refractivity (Wildman–Crippen MR) is 84.3 cm³/mol. The Morgan fingerprint density at radius 2 is 2.17 bits per heavy atom. The van der Waals surface area contributed by atoms with Crippen LogP contribution in [0, 0.1) is 5.41 Å². The molecular formula is C15H21BrClN. The zero-order chi connectivity index (χ0) is 13.8. The molecular weight excluding hydrogens is 310 g/mol. The highest BCUT2D eigenvalue weighted by molar-refractivity contribution is 9.10. The summed E-state index contributed by atoms with van der Waals surface area (Å²) in [7, 11) is 0. The summed E-state index contributed by atoms with van der Waals surface area (Å²) in [4.78, 5) is 0. The molecule has 0 bridgehead atoms. The van der Waals surface area contributed by atoms with Crippen LogP contribution in [0.25, 0.3) is 0 Å². The first-order chi connectivity index (χ1) is 8.36. The fourth-order valence-corrected chi connectivity index (χ4v) is 2.48. The fraction of sp³-hybridized carbons (Fsp3) is 0.467. The molecule has 0 saturated heterocycles. The first-order valence-electron chi connectivity index (χ1n) is 6.17. The van der Waals surface area contributed by atoms with E-state index < -0.39 is 0 Å². The molecule has 1 aromatic carbocycles. The Kier molecular flexibility index (Phi) is 5.90. The number of nitrogens with one attached hydrogen (secondary N) is 1. The van der Waals surface area contributed by atoms with Gasteiger partial charge in [0.25, 0.3) is 0 Å². The van der Waals surface area contributed by atoms with Crippen LogP contribution in [-0.4, -0.2) is 12.6 Å². The third-order valence-electron chi connectivity index (χ3n) is 3.02. The van der Waals surface area contributed by atoms with Crippen LogP contribution in [0.2, 0.25) is 5.02 Å². The van der Waals surface area contributed by atoms with Crippen molar-refractivity contribution in [2.24, 2.45) is 5.41 Å². The van der Waals surface area contributed by atoms with Crippen LogP contribution in [0.5, 0.6) is 0 Å². The fourth-order valence-electron chi connectivity index (χ4n) is 1.74. The van der Waals surface area contributed by atoms with Crippen LogP contribution in [0.4, 0.5) is 0 Å². The number of halogens is 2. The number of hydrogen-bond donors (Lipinski definition) is 1. The summed E-state index contributed by atoms with van der Waals surface area (Å²) in [5.74, 6) is 0. The highest BCUT2D eigenvalue weighted by Crippen LogP contribution is 2.29. The molecule has 1 rings (SSSR count). The lowest BCUT2D eigenvalue weighted by Gasteiger charge is -2.28. The second-order valence-corrected chi connectivity index (χ2v) is 6.63. The SMILES string of the molecule is C=CC(C)(CNC(C)C)Cc1ccc(Br)cc1Cl. The topological polar surface area (TPSA) is 12.0 Å². The van der Waals surface area contributed by atoms with Gasteiger partial charge < -0.3 is 5.32 Å². The van der Waals surface area contributed by atoms with E-state index in [2.05, 4.69) is 54.7 Å². The molecule has 1 aromatic rings. The number of rotatable bonds is 6. The van der Waals surface area contributed by atoms with E-state index in [1.165, 1.54) is 0 Å². The molecule has 0 saturated carbocycles. The van der Waals surface area contributed by atoms with Crippen molar-refractivity contribution in [3.8, 4) is 0 Å². The molecule has 0 aromatic heterocycles. The molecule has 0 aliphatic carbocycles. The van der Waals surface area contributed by atoms with Crippen LogP contribution in [-0.2, 0) is 6.42 Å². The minimum Gasteiger partial charge on any atom is -0.314 e. The van der Waals surface area contributed by atoms with Gasteiger partial charge in [0, 0.05) is 27.5 Å². The van der Waals surface area contributed by atoms with Gasteiger partial charge in [0.1, 0.15) is 0 Å². The smallest absolute Gasteiger partial charge is 0.0449 e. The normalized spacial score (nSPS) is 14.6. The van der Waals surface area contributed by atoms with Gasteiger partial charge in [-0.3, -0.25) is 0 Å². The predicted octanol–water partition coefficient (Wildman–Crippen LogP) is 4.84. The van der Waals surface area contributed by atoms with E-state index in [1.807, 2.05) is 18.2 Å². The minimum atomic E-state index is 0.0156. The molecule has 0 aliphatic heterocycles. The van der Waals surface area contributed by atoms with Gasteiger partial charge in [0.15, 0.2) is 0 Å². The van der Waals surface area contributed by atoms with Crippen molar-refractivity contribution in [2.45, 2.75) is 33.2 Å². The maximum atomic E-state index is 6.27. The Labute approximate surface area is 124 Å². The van der Waals surface area contributed by atoms with Crippen molar-refractivity contribution < 1.29 is 0 Å². The summed E-state index contributed by atoms with van der Waals surface area (Å²) < 4.78 is 1.01. The summed E-state index contributed by atoms with van der Waals surface area (Å²) in [5.41, 5.74) is 1.18. The molecule has 100 valence electrons. The maximum absolute atomic E-state index is 6.27. The van der Waals surface area contributed by atoms with E-state index in [0.29, 0.717) is 6.04 Å². The summed E-state index contributed by atoms with van der Waals surface area (Å²) >= 11 is 9.70. The molecule has 1 atom stereocenters. The Bertz CT molecular complexity index is 417. The van der Waals surface area contributed by atoms with Crippen molar-refractivity contribution in [3.63, 3.8) is 0 Å². The van der Waals surface area contributed by atoms with Crippen molar-refractivity contribution in [1.82, 2.24) is 5.32 Å². The third kappa shape index (κ3) is 4.75. The van der Waals surface area contributed by atoms with Gasteiger partial charge in [-0.05, 0) is 24.1 Å².